The van der Waals surface area contributed by atoms with Gasteiger partial charge in [0.25, 0.3) is 5.91 Å². The topological polar surface area (TPSA) is 83.3 Å². The molecule has 0 radical (unpaired) electrons. The van der Waals surface area contributed by atoms with Crippen molar-refractivity contribution in [3.63, 3.8) is 0 Å². The van der Waals surface area contributed by atoms with E-state index in [4.69, 9.17) is 16.1 Å². The van der Waals surface area contributed by atoms with E-state index in [1.807, 2.05) is 30.5 Å². The number of amides is 1. The van der Waals surface area contributed by atoms with Gasteiger partial charge in [-0.05, 0) is 23.8 Å². The molecule has 0 saturated heterocycles. The predicted molar refractivity (Wildman–Crippen MR) is 100 cm³/mol. The zero-order chi connectivity index (χ0) is 17.9. The van der Waals surface area contributed by atoms with Gasteiger partial charge in [0.05, 0.1) is 6.21 Å². The van der Waals surface area contributed by atoms with Crippen LogP contribution in [0.15, 0.2) is 70.4 Å². The van der Waals surface area contributed by atoms with Crippen LogP contribution < -0.4 is 5.43 Å². The summed E-state index contributed by atoms with van der Waals surface area (Å²) >= 11 is 5.82. The first-order valence-electron chi connectivity index (χ1n) is 7.83. The van der Waals surface area contributed by atoms with Crippen molar-refractivity contribution in [1.82, 2.24) is 15.6 Å². The molecule has 0 atom stereocenters. The van der Waals surface area contributed by atoms with E-state index in [1.165, 1.54) is 6.21 Å². The molecule has 2 aromatic carbocycles. The van der Waals surface area contributed by atoms with Crippen molar-refractivity contribution in [2.45, 2.75) is 0 Å². The molecule has 4 aromatic rings. The number of hydrazone groups is 1. The quantitative estimate of drug-likeness (QED) is 0.419. The van der Waals surface area contributed by atoms with E-state index < -0.39 is 5.91 Å². The molecule has 6 nitrogen and oxygen atoms in total. The van der Waals surface area contributed by atoms with E-state index >= 15 is 0 Å². The standard InChI is InChI=1S/C19H13ClN4O2/c20-13-7-5-12(6-8-13)10-22-23-19(25)17-9-18(26-24-17)15-11-21-16-4-2-1-3-14(15)16/h1-11,21H,(H,23,25)/b22-10-. The third-order valence-corrected chi connectivity index (χ3v) is 4.10. The maximum Gasteiger partial charge on any atom is 0.293 e. The third-order valence-electron chi connectivity index (χ3n) is 3.85. The lowest BCUT2D eigenvalue weighted by molar-refractivity contribution is 0.0946. The molecule has 0 aliphatic rings. The van der Waals surface area contributed by atoms with Gasteiger partial charge in [-0.3, -0.25) is 4.79 Å². The molecule has 128 valence electrons. The van der Waals surface area contributed by atoms with Crippen molar-refractivity contribution in [3.05, 3.63) is 77.1 Å². The second-order valence-corrected chi connectivity index (χ2v) is 6.01. The van der Waals surface area contributed by atoms with Gasteiger partial charge in [-0.2, -0.15) is 5.10 Å². The number of para-hydroxylation sites is 1. The summed E-state index contributed by atoms with van der Waals surface area (Å²) in [4.78, 5) is 15.3. The molecular formula is C19H13ClN4O2. The summed E-state index contributed by atoms with van der Waals surface area (Å²) in [6.07, 6.45) is 3.35. The second-order valence-electron chi connectivity index (χ2n) is 5.58. The van der Waals surface area contributed by atoms with Crippen LogP contribution in [0.3, 0.4) is 0 Å². The Morgan fingerprint density at radius 1 is 1.19 bits per heavy atom. The average molecular weight is 365 g/mol. The van der Waals surface area contributed by atoms with Crippen LogP contribution in [0.25, 0.3) is 22.2 Å². The minimum atomic E-state index is -0.454. The molecule has 0 bridgehead atoms. The highest BCUT2D eigenvalue weighted by Crippen LogP contribution is 2.28. The Balaban J connectivity index is 1.49. The first-order chi connectivity index (χ1) is 12.7. The van der Waals surface area contributed by atoms with Gasteiger partial charge in [0.1, 0.15) is 0 Å². The highest BCUT2D eigenvalue weighted by atomic mass is 35.5. The molecule has 0 spiro atoms. The zero-order valence-corrected chi connectivity index (χ0v) is 14.2. The summed E-state index contributed by atoms with van der Waals surface area (Å²) in [5.74, 6) is 0.0549. The van der Waals surface area contributed by atoms with Crippen molar-refractivity contribution in [2.75, 3.05) is 0 Å². The number of halogens is 1. The fourth-order valence-corrected chi connectivity index (χ4v) is 2.68. The number of hydrogen-bond acceptors (Lipinski definition) is 4. The fourth-order valence-electron chi connectivity index (χ4n) is 2.56. The summed E-state index contributed by atoms with van der Waals surface area (Å²) in [6, 6.07) is 16.5. The summed E-state index contributed by atoms with van der Waals surface area (Å²) < 4.78 is 5.32. The van der Waals surface area contributed by atoms with Gasteiger partial charge in [0.2, 0.25) is 0 Å². The van der Waals surface area contributed by atoms with E-state index in [2.05, 4.69) is 20.7 Å². The number of carbonyl (C=O) groups excluding carboxylic acids is 1. The summed E-state index contributed by atoms with van der Waals surface area (Å²) in [7, 11) is 0. The van der Waals surface area contributed by atoms with Crippen LogP contribution in [-0.2, 0) is 0 Å². The Kier molecular flexibility index (Phi) is 4.25. The van der Waals surface area contributed by atoms with Gasteiger partial charge >= 0.3 is 0 Å². The minimum absolute atomic E-state index is 0.151. The zero-order valence-electron chi connectivity index (χ0n) is 13.4. The largest absolute Gasteiger partial charge is 0.360 e. The van der Waals surface area contributed by atoms with Gasteiger partial charge in [0.15, 0.2) is 11.5 Å². The van der Waals surface area contributed by atoms with Crippen molar-refractivity contribution in [3.8, 4) is 11.3 Å². The monoisotopic (exact) mass is 364 g/mol. The Bertz CT molecular complexity index is 1100. The van der Waals surface area contributed by atoms with E-state index in [-0.39, 0.29) is 5.69 Å². The maximum absolute atomic E-state index is 12.2. The Labute approximate surface area is 153 Å². The van der Waals surface area contributed by atoms with Gasteiger partial charge in [-0.25, -0.2) is 5.43 Å². The fraction of sp³-hybridized carbons (Fsp3) is 0. The van der Waals surface area contributed by atoms with Crippen molar-refractivity contribution < 1.29 is 9.32 Å². The van der Waals surface area contributed by atoms with E-state index in [0.717, 1.165) is 22.0 Å². The number of hydrogen-bond donors (Lipinski definition) is 2. The van der Waals surface area contributed by atoms with Crippen LogP contribution >= 0.6 is 11.6 Å². The van der Waals surface area contributed by atoms with Crippen LogP contribution in [0.1, 0.15) is 16.1 Å². The minimum Gasteiger partial charge on any atom is -0.360 e. The lowest BCUT2D eigenvalue weighted by Gasteiger charge is -1.95. The number of H-pyrrole nitrogens is 1. The summed E-state index contributed by atoms with van der Waals surface area (Å²) in [5.41, 5.74) is 5.22. The highest BCUT2D eigenvalue weighted by Gasteiger charge is 2.15. The first-order valence-corrected chi connectivity index (χ1v) is 8.21. The molecule has 2 aromatic heterocycles. The Morgan fingerprint density at radius 3 is 2.85 bits per heavy atom. The van der Waals surface area contributed by atoms with E-state index in [1.54, 1.807) is 30.3 Å². The lowest BCUT2D eigenvalue weighted by atomic mass is 10.1. The van der Waals surface area contributed by atoms with Crippen LogP contribution in [0.5, 0.6) is 0 Å². The first kappa shape index (κ1) is 16.1. The molecule has 4 rings (SSSR count). The van der Waals surface area contributed by atoms with Gasteiger partial charge < -0.3 is 9.51 Å². The molecule has 0 aliphatic heterocycles. The molecule has 0 aliphatic carbocycles. The number of rotatable bonds is 4. The van der Waals surface area contributed by atoms with Gasteiger partial charge in [-0.1, -0.05) is 47.1 Å². The van der Waals surface area contributed by atoms with Crippen LogP contribution in [0.2, 0.25) is 5.02 Å². The molecule has 0 unspecified atom stereocenters. The number of benzene rings is 2. The van der Waals surface area contributed by atoms with Crippen LogP contribution in [0, 0.1) is 0 Å². The number of carbonyl (C=O) groups is 1. The number of fused-ring (bicyclic) bond motifs is 1. The van der Waals surface area contributed by atoms with Crippen molar-refractivity contribution in [2.24, 2.45) is 5.10 Å². The van der Waals surface area contributed by atoms with Crippen molar-refractivity contribution >= 4 is 34.6 Å². The molecule has 0 saturated carbocycles. The summed E-state index contributed by atoms with van der Waals surface area (Å²) in [6.45, 7) is 0. The SMILES string of the molecule is O=C(N/N=C\c1ccc(Cl)cc1)c1cc(-c2c[nH]c3ccccc23)on1. The normalized spacial score (nSPS) is 11.3. The Hall–Kier alpha value is -3.38. The highest BCUT2D eigenvalue weighted by molar-refractivity contribution is 6.30. The second kappa shape index (κ2) is 6.85. The molecule has 2 heterocycles. The Morgan fingerprint density at radius 2 is 2.00 bits per heavy atom. The average Bonchev–Trinajstić information content (AvgIpc) is 3.30. The van der Waals surface area contributed by atoms with Gasteiger partial charge in [0, 0.05) is 33.8 Å². The lowest BCUT2D eigenvalue weighted by Crippen LogP contribution is -2.17. The van der Waals surface area contributed by atoms with Crippen molar-refractivity contribution in [1.29, 1.82) is 0 Å². The smallest absolute Gasteiger partial charge is 0.293 e. The van der Waals surface area contributed by atoms with Gasteiger partial charge in [-0.15, -0.1) is 0 Å². The number of nitrogens with zero attached hydrogens (tertiary/aromatic N) is 2. The third kappa shape index (κ3) is 3.22. The van der Waals surface area contributed by atoms with E-state index in [0.29, 0.717) is 10.8 Å². The molecule has 26 heavy (non-hydrogen) atoms. The molecule has 7 heteroatoms. The molecule has 0 fully saturated rings. The number of nitrogens with one attached hydrogen (secondary N) is 2. The molecule has 1 amide bonds. The maximum atomic E-state index is 12.2. The summed E-state index contributed by atoms with van der Waals surface area (Å²) in [5, 5.41) is 9.37. The predicted octanol–water partition coefficient (Wildman–Crippen LogP) is 4.24. The number of aromatic nitrogens is 2. The van der Waals surface area contributed by atoms with Crippen LogP contribution in [-0.4, -0.2) is 22.3 Å². The molecular weight excluding hydrogens is 352 g/mol. The van der Waals surface area contributed by atoms with E-state index in [9.17, 15) is 4.79 Å². The molecule has 2 N–H and O–H groups in total. The number of aromatic amines is 1. The van der Waals surface area contributed by atoms with Crippen LogP contribution in [0.4, 0.5) is 0 Å².